The van der Waals surface area contributed by atoms with Crippen LogP contribution < -0.4 is 10.0 Å². The van der Waals surface area contributed by atoms with Crippen LogP contribution in [0, 0.1) is 18.7 Å². The molecular weight excluding hydrogens is 367 g/mol. The number of hydrogen-bond donors (Lipinski definition) is 2. The van der Waals surface area contributed by atoms with Crippen LogP contribution in [-0.4, -0.2) is 20.9 Å². The van der Waals surface area contributed by atoms with E-state index < -0.39 is 32.9 Å². The average molecular weight is 390 g/mol. The van der Waals surface area contributed by atoms with Crippen LogP contribution in [-0.2, 0) is 14.8 Å². The van der Waals surface area contributed by atoms with Gasteiger partial charge in [-0.3, -0.25) is 9.52 Å². The van der Waals surface area contributed by atoms with E-state index in [0.717, 1.165) is 11.3 Å². The molecular formula is C20H23FN2O3S. The highest BCUT2D eigenvalue weighted by atomic mass is 32.2. The Kier molecular flexibility index (Phi) is 5.24. The number of benzene rings is 2. The Bertz CT molecular complexity index is 973. The van der Waals surface area contributed by atoms with E-state index in [1.165, 1.54) is 18.2 Å². The fourth-order valence-electron chi connectivity index (χ4n) is 3.56. The zero-order chi connectivity index (χ0) is 19.8. The monoisotopic (exact) mass is 390 g/mol. The first kappa shape index (κ1) is 19.4. The first-order chi connectivity index (χ1) is 12.7. The van der Waals surface area contributed by atoms with Crippen LogP contribution in [0.1, 0.15) is 41.7 Å². The number of hydrogen-bond acceptors (Lipinski definition) is 4. The van der Waals surface area contributed by atoms with Crippen molar-refractivity contribution >= 4 is 21.6 Å². The van der Waals surface area contributed by atoms with Gasteiger partial charge in [0.1, 0.15) is 11.1 Å². The van der Waals surface area contributed by atoms with Gasteiger partial charge in [0.15, 0.2) is 0 Å². The maximum Gasteiger partial charge on any atom is 0.242 e. The number of fused-ring (bicyclic) bond motifs is 1. The van der Waals surface area contributed by atoms with Gasteiger partial charge in [-0.1, -0.05) is 44.2 Å². The number of anilines is 1. The molecule has 5 nitrogen and oxygen atoms in total. The van der Waals surface area contributed by atoms with Crippen molar-refractivity contribution in [1.29, 1.82) is 0 Å². The fourth-order valence-corrected chi connectivity index (χ4v) is 5.33. The van der Waals surface area contributed by atoms with Gasteiger partial charge in [-0.2, -0.15) is 0 Å². The number of carbonyl (C=O) groups excluding carboxylic acids is 1. The van der Waals surface area contributed by atoms with Gasteiger partial charge in [-0.15, -0.1) is 0 Å². The summed E-state index contributed by atoms with van der Waals surface area (Å²) in [6.07, 6.45) is 0. The van der Waals surface area contributed by atoms with Crippen LogP contribution in [0.25, 0.3) is 0 Å². The largest absolute Gasteiger partial charge is 0.384 e. The number of rotatable bonds is 5. The molecule has 27 heavy (non-hydrogen) atoms. The Balaban J connectivity index is 1.87. The van der Waals surface area contributed by atoms with Gasteiger partial charge >= 0.3 is 0 Å². The highest BCUT2D eigenvalue weighted by molar-refractivity contribution is 7.90. The van der Waals surface area contributed by atoms with Crippen molar-refractivity contribution in [2.24, 2.45) is 5.92 Å². The number of para-hydroxylation sites is 1. The summed E-state index contributed by atoms with van der Waals surface area (Å²) in [5.74, 6) is -1.82. The summed E-state index contributed by atoms with van der Waals surface area (Å²) < 4.78 is 41.8. The second-order valence-electron chi connectivity index (χ2n) is 7.21. The third-order valence-corrected chi connectivity index (χ3v) is 6.81. The van der Waals surface area contributed by atoms with Crippen molar-refractivity contribution in [3.05, 3.63) is 65.0 Å². The maximum atomic E-state index is 13.6. The Morgan fingerprint density at radius 3 is 2.59 bits per heavy atom. The molecule has 1 amide bonds. The molecule has 0 aliphatic carbocycles. The molecule has 1 heterocycles. The van der Waals surface area contributed by atoms with Crippen LogP contribution in [0.15, 0.2) is 42.5 Å². The quantitative estimate of drug-likeness (QED) is 0.820. The summed E-state index contributed by atoms with van der Waals surface area (Å²) in [4.78, 5) is 12.7. The van der Waals surface area contributed by atoms with Gasteiger partial charge in [-0.25, -0.2) is 12.8 Å². The van der Waals surface area contributed by atoms with Crippen LogP contribution in [0.4, 0.5) is 10.1 Å². The van der Waals surface area contributed by atoms with E-state index in [1.54, 1.807) is 20.8 Å². The molecule has 0 saturated carbocycles. The first-order valence-corrected chi connectivity index (χ1v) is 10.4. The lowest BCUT2D eigenvalue weighted by atomic mass is 10.0. The Hall–Kier alpha value is -2.41. The molecule has 0 saturated heterocycles. The zero-order valence-electron chi connectivity index (χ0n) is 15.5. The molecule has 1 aliphatic rings. The number of sulfonamides is 1. The molecule has 2 unspecified atom stereocenters. The van der Waals surface area contributed by atoms with Crippen LogP contribution in [0.3, 0.4) is 0 Å². The second-order valence-corrected chi connectivity index (χ2v) is 9.01. The molecule has 144 valence electrons. The molecule has 2 atom stereocenters. The lowest BCUT2D eigenvalue weighted by molar-refractivity contribution is -0.120. The minimum absolute atomic E-state index is 0.297. The Morgan fingerprint density at radius 2 is 1.93 bits per heavy atom. The Morgan fingerprint density at radius 1 is 1.22 bits per heavy atom. The molecule has 7 heteroatoms. The van der Waals surface area contributed by atoms with Crippen molar-refractivity contribution in [2.75, 3.05) is 11.9 Å². The van der Waals surface area contributed by atoms with Crippen molar-refractivity contribution < 1.29 is 17.6 Å². The summed E-state index contributed by atoms with van der Waals surface area (Å²) in [7, 11) is -3.99. The third-order valence-electron chi connectivity index (χ3n) is 4.84. The van der Waals surface area contributed by atoms with Crippen molar-refractivity contribution in [2.45, 2.75) is 31.9 Å². The van der Waals surface area contributed by atoms with Gasteiger partial charge in [0.05, 0.1) is 5.92 Å². The number of nitrogens with one attached hydrogen (secondary N) is 2. The molecule has 2 aromatic carbocycles. The topological polar surface area (TPSA) is 75.3 Å². The predicted octanol–water partition coefficient (Wildman–Crippen LogP) is 3.49. The molecule has 0 bridgehead atoms. The van der Waals surface area contributed by atoms with E-state index >= 15 is 0 Å². The molecule has 2 aromatic rings. The zero-order valence-corrected chi connectivity index (χ0v) is 16.3. The smallest absolute Gasteiger partial charge is 0.242 e. The normalized spacial score (nSPS) is 17.3. The Labute approximate surface area is 159 Å². The predicted molar refractivity (Wildman–Crippen MR) is 103 cm³/mol. The highest BCUT2D eigenvalue weighted by Gasteiger charge is 2.36. The second kappa shape index (κ2) is 7.31. The van der Waals surface area contributed by atoms with E-state index in [2.05, 4.69) is 10.0 Å². The van der Waals surface area contributed by atoms with Crippen molar-refractivity contribution in [1.82, 2.24) is 4.72 Å². The minimum Gasteiger partial charge on any atom is -0.384 e. The van der Waals surface area contributed by atoms with Crippen LogP contribution in [0.2, 0.25) is 0 Å². The lowest BCUT2D eigenvalue weighted by Crippen LogP contribution is -2.39. The first-order valence-electron chi connectivity index (χ1n) is 8.85. The molecule has 0 aromatic heterocycles. The van der Waals surface area contributed by atoms with E-state index in [4.69, 9.17) is 0 Å². The summed E-state index contributed by atoms with van der Waals surface area (Å²) >= 11 is 0. The maximum absolute atomic E-state index is 13.6. The fraction of sp³-hybridized carbons (Fsp3) is 0.350. The van der Waals surface area contributed by atoms with Gasteiger partial charge in [0, 0.05) is 12.2 Å². The molecule has 0 fully saturated rings. The van der Waals surface area contributed by atoms with E-state index in [0.29, 0.717) is 17.7 Å². The number of amides is 1. The number of halogens is 1. The number of aryl methyl sites for hydroxylation is 1. The molecule has 1 aliphatic heterocycles. The van der Waals surface area contributed by atoms with Crippen molar-refractivity contribution in [3.63, 3.8) is 0 Å². The summed E-state index contributed by atoms with van der Waals surface area (Å²) in [5, 5.41) is 2.16. The van der Waals surface area contributed by atoms with E-state index in [-0.39, 0.29) is 5.92 Å². The van der Waals surface area contributed by atoms with E-state index in [1.807, 2.05) is 24.3 Å². The molecule has 0 radical (unpaired) electrons. The van der Waals surface area contributed by atoms with Crippen LogP contribution in [0.5, 0.6) is 0 Å². The van der Waals surface area contributed by atoms with E-state index in [9.17, 15) is 17.6 Å². The molecule has 3 rings (SSSR count). The number of carbonyl (C=O) groups is 1. The lowest BCUT2D eigenvalue weighted by Gasteiger charge is -2.23. The van der Waals surface area contributed by atoms with Crippen molar-refractivity contribution in [3.8, 4) is 0 Å². The minimum atomic E-state index is -3.99. The van der Waals surface area contributed by atoms with Gasteiger partial charge < -0.3 is 5.32 Å². The summed E-state index contributed by atoms with van der Waals surface area (Å²) in [6, 6.07) is 11.6. The van der Waals surface area contributed by atoms with Gasteiger partial charge in [0.2, 0.25) is 15.9 Å². The highest BCUT2D eigenvalue weighted by Crippen LogP contribution is 2.34. The standard InChI is InChI=1S/C20H23FN2O3S/c1-12(2)19(14-8-9-17(21)13(3)10-14)27(25,26)23-20(24)16-11-22-18-7-5-4-6-15(16)18/h4-10,12,16,19,22H,11H2,1-3H3,(H,23,24). The summed E-state index contributed by atoms with van der Waals surface area (Å²) in [5.41, 5.74) is 2.45. The molecule has 2 N–H and O–H groups in total. The SMILES string of the molecule is Cc1cc(C(C(C)C)S(=O)(=O)NC(=O)C2CNc3ccccc32)ccc1F. The molecule has 0 spiro atoms. The van der Waals surface area contributed by atoms with Crippen LogP contribution >= 0.6 is 0 Å². The summed E-state index contributed by atoms with van der Waals surface area (Å²) in [6.45, 7) is 5.46. The average Bonchev–Trinajstić information content (AvgIpc) is 3.01. The van der Waals surface area contributed by atoms with Gasteiger partial charge in [0.25, 0.3) is 0 Å². The third kappa shape index (κ3) is 3.83. The van der Waals surface area contributed by atoms with Gasteiger partial charge in [-0.05, 0) is 41.7 Å².